The maximum Gasteiger partial charge on any atom is 0.109 e. The van der Waals surface area contributed by atoms with Crippen LogP contribution in [-0.2, 0) is 11.8 Å². The van der Waals surface area contributed by atoms with Crippen molar-refractivity contribution in [3.63, 3.8) is 0 Å². The Balaban J connectivity index is 2.06. The van der Waals surface area contributed by atoms with Crippen molar-refractivity contribution in [1.82, 2.24) is 0 Å². The molecular weight excluding hydrogens is 208 g/mol. The molecule has 1 heterocycles. The Morgan fingerprint density at radius 3 is 2.41 bits per heavy atom. The Labute approximate surface area is 103 Å². The molecule has 2 rings (SSSR count). The third-order valence-corrected chi connectivity index (χ3v) is 3.70. The quantitative estimate of drug-likeness (QED) is 0.730. The SMILES string of the molecule is CC[C@@](C)(CCc1ccccc1)c1ccco1. The van der Waals surface area contributed by atoms with E-state index in [1.54, 1.807) is 6.26 Å². The van der Waals surface area contributed by atoms with Crippen molar-refractivity contribution in [3.8, 4) is 0 Å². The average molecular weight is 228 g/mol. The Bertz CT molecular complexity index is 430. The lowest BCUT2D eigenvalue weighted by Gasteiger charge is -2.25. The molecule has 0 fully saturated rings. The maximum atomic E-state index is 5.58. The zero-order valence-electron chi connectivity index (χ0n) is 10.6. The van der Waals surface area contributed by atoms with Gasteiger partial charge in [0.25, 0.3) is 0 Å². The molecule has 1 aromatic heterocycles. The summed E-state index contributed by atoms with van der Waals surface area (Å²) < 4.78 is 5.58. The second kappa shape index (κ2) is 5.22. The van der Waals surface area contributed by atoms with E-state index in [4.69, 9.17) is 4.42 Å². The van der Waals surface area contributed by atoms with E-state index in [1.165, 1.54) is 5.56 Å². The first-order valence-corrected chi connectivity index (χ1v) is 6.32. The molecule has 90 valence electrons. The van der Waals surface area contributed by atoms with E-state index in [2.05, 4.69) is 50.2 Å². The predicted octanol–water partition coefficient (Wildman–Crippen LogP) is 4.58. The lowest BCUT2D eigenvalue weighted by atomic mass is 9.79. The topological polar surface area (TPSA) is 13.1 Å². The summed E-state index contributed by atoms with van der Waals surface area (Å²) in [6.07, 6.45) is 5.10. The third-order valence-electron chi connectivity index (χ3n) is 3.70. The van der Waals surface area contributed by atoms with Crippen LogP contribution in [0.4, 0.5) is 0 Å². The first-order valence-electron chi connectivity index (χ1n) is 6.32. The summed E-state index contributed by atoms with van der Waals surface area (Å²) in [5.74, 6) is 1.11. The van der Waals surface area contributed by atoms with Gasteiger partial charge in [-0.1, -0.05) is 44.2 Å². The van der Waals surface area contributed by atoms with Crippen molar-refractivity contribution in [1.29, 1.82) is 0 Å². The summed E-state index contributed by atoms with van der Waals surface area (Å²) >= 11 is 0. The van der Waals surface area contributed by atoms with Gasteiger partial charge in [0.05, 0.1) is 6.26 Å². The summed E-state index contributed by atoms with van der Waals surface area (Å²) in [6.45, 7) is 4.52. The first-order chi connectivity index (χ1) is 8.24. The van der Waals surface area contributed by atoms with E-state index < -0.39 is 0 Å². The monoisotopic (exact) mass is 228 g/mol. The normalized spacial score (nSPS) is 14.5. The molecule has 1 nitrogen and oxygen atoms in total. The van der Waals surface area contributed by atoms with Crippen LogP contribution in [0.25, 0.3) is 0 Å². The summed E-state index contributed by atoms with van der Waals surface area (Å²) in [4.78, 5) is 0. The van der Waals surface area contributed by atoms with Gasteiger partial charge in [-0.15, -0.1) is 0 Å². The van der Waals surface area contributed by atoms with Crippen molar-refractivity contribution in [2.45, 2.75) is 38.5 Å². The molecule has 0 N–H and O–H groups in total. The molecule has 0 spiro atoms. The van der Waals surface area contributed by atoms with Crippen LogP contribution >= 0.6 is 0 Å². The van der Waals surface area contributed by atoms with Crippen molar-refractivity contribution in [2.24, 2.45) is 0 Å². The van der Waals surface area contributed by atoms with Gasteiger partial charge >= 0.3 is 0 Å². The molecule has 0 saturated heterocycles. The molecule has 0 aliphatic carbocycles. The van der Waals surface area contributed by atoms with Crippen LogP contribution in [0.15, 0.2) is 53.1 Å². The van der Waals surface area contributed by atoms with Crippen LogP contribution in [0, 0.1) is 0 Å². The van der Waals surface area contributed by atoms with Gasteiger partial charge in [0, 0.05) is 5.41 Å². The second-order valence-corrected chi connectivity index (χ2v) is 4.88. The number of hydrogen-bond acceptors (Lipinski definition) is 1. The van der Waals surface area contributed by atoms with Crippen LogP contribution in [0.2, 0.25) is 0 Å². The summed E-state index contributed by atoms with van der Waals surface area (Å²) in [5, 5.41) is 0. The zero-order chi connectivity index (χ0) is 12.1. The van der Waals surface area contributed by atoms with Crippen molar-refractivity contribution in [2.75, 3.05) is 0 Å². The van der Waals surface area contributed by atoms with E-state index in [0.717, 1.165) is 25.0 Å². The summed E-state index contributed by atoms with van der Waals surface area (Å²) in [5.41, 5.74) is 1.55. The highest BCUT2D eigenvalue weighted by molar-refractivity contribution is 5.18. The van der Waals surface area contributed by atoms with Gasteiger partial charge in [0.2, 0.25) is 0 Å². The molecule has 1 aromatic carbocycles. The highest BCUT2D eigenvalue weighted by atomic mass is 16.3. The standard InChI is InChI=1S/C16H20O/c1-3-16(2,15-10-7-13-17-15)12-11-14-8-5-4-6-9-14/h4-10,13H,3,11-12H2,1-2H3/t16-/m0/s1. The Morgan fingerprint density at radius 2 is 1.82 bits per heavy atom. The number of rotatable bonds is 5. The minimum absolute atomic E-state index is 0.152. The van der Waals surface area contributed by atoms with E-state index >= 15 is 0 Å². The smallest absolute Gasteiger partial charge is 0.109 e. The fourth-order valence-corrected chi connectivity index (χ4v) is 2.16. The van der Waals surface area contributed by atoms with E-state index in [-0.39, 0.29) is 5.41 Å². The van der Waals surface area contributed by atoms with Crippen LogP contribution in [0.1, 0.15) is 38.0 Å². The minimum atomic E-state index is 0.152. The first kappa shape index (κ1) is 12.0. The number of furan rings is 1. The molecule has 1 atom stereocenters. The van der Waals surface area contributed by atoms with Gasteiger partial charge in [-0.3, -0.25) is 0 Å². The fourth-order valence-electron chi connectivity index (χ4n) is 2.16. The maximum absolute atomic E-state index is 5.58. The number of hydrogen-bond donors (Lipinski definition) is 0. The fraction of sp³-hybridized carbons (Fsp3) is 0.375. The van der Waals surface area contributed by atoms with Gasteiger partial charge < -0.3 is 4.42 Å². The Kier molecular flexibility index (Phi) is 3.68. The van der Waals surface area contributed by atoms with E-state index in [1.807, 2.05) is 6.07 Å². The molecule has 0 amide bonds. The largest absolute Gasteiger partial charge is 0.469 e. The van der Waals surface area contributed by atoms with E-state index in [0.29, 0.717) is 0 Å². The zero-order valence-corrected chi connectivity index (χ0v) is 10.6. The van der Waals surface area contributed by atoms with Gasteiger partial charge in [0.1, 0.15) is 5.76 Å². The lowest BCUT2D eigenvalue weighted by molar-refractivity contribution is 0.329. The van der Waals surface area contributed by atoms with E-state index in [9.17, 15) is 0 Å². The van der Waals surface area contributed by atoms with Crippen molar-refractivity contribution < 1.29 is 4.42 Å². The molecule has 2 aromatic rings. The molecule has 0 unspecified atom stereocenters. The molecule has 1 heteroatoms. The molecular formula is C16H20O. The van der Waals surface area contributed by atoms with Crippen LogP contribution in [-0.4, -0.2) is 0 Å². The Morgan fingerprint density at radius 1 is 1.06 bits per heavy atom. The highest BCUT2D eigenvalue weighted by Crippen LogP contribution is 2.32. The minimum Gasteiger partial charge on any atom is -0.469 e. The van der Waals surface area contributed by atoms with Crippen molar-refractivity contribution >= 4 is 0 Å². The number of aryl methyl sites for hydroxylation is 1. The number of benzene rings is 1. The molecule has 0 bridgehead atoms. The molecule has 17 heavy (non-hydrogen) atoms. The van der Waals surface area contributed by atoms with Crippen molar-refractivity contribution in [3.05, 3.63) is 60.1 Å². The van der Waals surface area contributed by atoms with Gasteiger partial charge in [-0.2, -0.15) is 0 Å². The third kappa shape index (κ3) is 2.79. The van der Waals surface area contributed by atoms with Crippen LogP contribution in [0.5, 0.6) is 0 Å². The predicted molar refractivity (Wildman–Crippen MR) is 71.1 cm³/mol. The molecule has 0 saturated carbocycles. The van der Waals surface area contributed by atoms with Crippen LogP contribution < -0.4 is 0 Å². The average Bonchev–Trinajstić information content (AvgIpc) is 2.92. The molecule has 0 aliphatic rings. The lowest BCUT2D eigenvalue weighted by Crippen LogP contribution is -2.21. The summed E-state index contributed by atoms with van der Waals surface area (Å²) in [6, 6.07) is 14.7. The van der Waals surface area contributed by atoms with Gasteiger partial charge in [0.15, 0.2) is 0 Å². The second-order valence-electron chi connectivity index (χ2n) is 4.88. The van der Waals surface area contributed by atoms with Crippen LogP contribution in [0.3, 0.4) is 0 Å². The molecule has 0 aliphatic heterocycles. The highest BCUT2D eigenvalue weighted by Gasteiger charge is 2.26. The molecule has 0 radical (unpaired) electrons. The summed E-state index contributed by atoms with van der Waals surface area (Å²) in [7, 11) is 0. The Hall–Kier alpha value is -1.50. The van der Waals surface area contributed by atoms with Gasteiger partial charge in [-0.25, -0.2) is 0 Å². The van der Waals surface area contributed by atoms with Gasteiger partial charge in [-0.05, 0) is 37.0 Å².